The first-order valence-corrected chi connectivity index (χ1v) is 4.87. The zero-order valence-corrected chi connectivity index (χ0v) is 9.32. The van der Waals surface area contributed by atoms with Gasteiger partial charge in [-0.15, -0.1) is 0 Å². The molecule has 0 heterocycles. The smallest absolute Gasteiger partial charge is 0.0188 e. The van der Waals surface area contributed by atoms with Crippen molar-refractivity contribution in [3.05, 3.63) is 85.6 Å². The van der Waals surface area contributed by atoms with E-state index in [-0.39, 0.29) is 0 Å². The summed E-state index contributed by atoms with van der Waals surface area (Å²) in [5, 5.41) is 0. The molecule has 0 aliphatic rings. The van der Waals surface area contributed by atoms with Gasteiger partial charge in [0.15, 0.2) is 0 Å². The summed E-state index contributed by atoms with van der Waals surface area (Å²) >= 11 is 0. The number of allylic oxidation sites excluding steroid dienone is 11. The lowest BCUT2D eigenvalue weighted by molar-refractivity contribution is 1.50. The van der Waals surface area contributed by atoms with Gasteiger partial charge in [-0.25, -0.2) is 0 Å². The predicted octanol–water partition coefficient (Wildman–Crippen LogP) is 4.53. The lowest BCUT2D eigenvalue weighted by Crippen LogP contribution is -1.82. The fraction of sp³-hybridized carbons (Fsp3) is 0.0667. The maximum absolute atomic E-state index is 3.70. The number of hydrogen-bond donors (Lipinski definition) is 0. The van der Waals surface area contributed by atoms with Gasteiger partial charge in [-0.2, -0.15) is 0 Å². The summed E-state index contributed by atoms with van der Waals surface area (Å²) in [4.78, 5) is 0. The van der Waals surface area contributed by atoms with Crippen molar-refractivity contribution in [2.45, 2.75) is 6.92 Å². The van der Waals surface area contributed by atoms with E-state index in [1.165, 1.54) is 0 Å². The minimum absolute atomic E-state index is 1.10. The molecule has 0 aromatic rings. The molecule has 0 atom stereocenters. The van der Waals surface area contributed by atoms with Crippen molar-refractivity contribution in [3.8, 4) is 0 Å². The van der Waals surface area contributed by atoms with Crippen LogP contribution in [0.2, 0.25) is 0 Å². The average Bonchev–Trinajstić information content (AvgIpc) is 2.26. The summed E-state index contributed by atoms with van der Waals surface area (Å²) in [6, 6.07) is 0. The fourth-order valence-corrected chi connectivity index (χ4v) is 1.08. The van der Waals surface area contributed by atoms with E-state index in [0.29, 0.717) is 0 Å². The Kier molecular flexibility index (Phi) is 7.70. The van der Waals surface area contributed by atoms with Crippen LogP contribution < -0.4 is 0 Å². The highest BCUT2D eigenvalue weighted by Gasteiger charge is 1.94. The van der Waals surface area contributed by atoms with Gasteiger partial charge in [0.05, 0.1) is 0 Å². The fourth-order valence-electron chi connectivity index (χ4n) is 1.08. The molecule has 0 rings (SSSR count). The molecule has 0 saturated carbocycles. The Morgan fingerprint density at radius 1 is 0.800 bits per heavy atom. The van der Waals surface area contributed by atoms with Gasteiger partial charge >= 0.3 is 0 Å². The minimum atomic E-state index is 1.10. The third-order valence-corrected chi connectivity index (χ3v) is 1.77. The first-order valence-electron chi connectivity index (χ1n) is 4.87. The van der Waals surface area contributed by atoms with Crippen molar-refractivity contribution in [1.82, 2.24) is 0 Å². The molecule has 0 N–H and O–H groups in total. The maximum atomic E-state index is 3.70. The zero-order chi connectivity index (χ0) is 11.5. The Morgan fingerprint density at radius 2 is 1.33 bits per heavy atom. The largest absolute Gasteiger partial charge is 0.0991 e. The normalized spacial score (nSPS) is 13.4. The summed E-state index contributed by atoms with van der Waals surface area (Å²) in [5.74, 6) is 0. The molecule has 0 spiro atoms. The van der Waals surface area contributed by atoms with Crippen molar-refractivity contribution < 1.29 is 0 Å². The quantitative estimate of drug-likeness (QED) is 0.550. The Morgan fingerprint density at radius 3 is 1.73 bits per heavy atom. The highest BCUT2D eigenvalue weighted by atomic mass is 14.0. The Labute approximate surface area is 93.0 Å². The van der Waals surface area contributed by atoms with E-state index in [9.17, 15) is 0 Å². The number of hydrogen-bond acceptors (Lipinski definition) is 0. The van der Waals surface area contributed by atoms with Crippen LogP contribution in [-0.4, -0.2) is 0 Å². The third kappa shape index (κ3) is 5.48. The Bertz CT molecular complexity index is 333. The predicted molar refractivity (Wildman–Crippen MR) is 70.7 cm³/mol. The van der Waals surface area contributed by atoms with Crippen LogP contribution >= 0.6 is 0 Å². The molecule has 15 heavy (non-hydrogen) atoms. The molecule has 0 nitrogen and oxygen atoms in total. The Hall–Kier alpha value is -1.82. The van der Waals surface area contributed by atoms with Gasteiger partial charge in [-0.3, -0.25) is 0 Å². The van der Waals surface area contributed by atoms with Crippen LogP contribution in [0.15, 0.2) is 85.6 Å². The molecule has 78 valence electrons. The highest BCUT2D eigenvalue weighted by molar-refractivity contribution is 5.48. The second-order valence-electron chi connectivity index (χ2n) is 2.79. The maximum Gasteiger partial charge on any atom is -0.0188 e. The summed E-state index contributed by atoms with van der Waals surface area (Å²) < 4.78 is 0. The van der Waals surface area contributed by atoms with E-state index in [1.807, 2.05) is 43.4 Å². The summed E-state index contributed by atoms with van der Waals surface area (Å²) in [6.07, 6.45) is 17.1. The van der Waals surface area contributed by atoms with E-state index in [4.69, 9.17) is 0 Å². The molecule has 0 saturated heterocycles. The van der Waals surface area contributed by atoms with Crippen LogP contribution in [0.4, 0.5) is 0 Å². The molecule has 0 aromatic carbocycles. The number of rotatable bonds is 6. The standard InChI is InChI=1S/C15H18/c1-5-9-12-14(8-4)15(11-7-3)13-10-6-2/h5-13H,1-3H2,4H3/b12-9-,13-10-,14-8+,15-11-. The molecule has 0 aliphatic heterocycles. The van der Waals surface area contributed by atoms with Crippen molar-refractivity contribution >= 4 is 0 Å². The molecule has 0 unspecified atom stereocenters. The first-order chi connectivity index (χ1) is 7.29. The van der Waals surface area contributed by atoms with Gasteiger partial charge in [0.2, 0.25) is 0 Å². The van der Waals surface area contributed by atoms with Crippen LogP contribution in [0.3, 0.4) is 0 Å². The summed E-state index contributed by atoms with van der Waals surface area (Å²) in [6.45, 7) is 13.0. The molecule has 0 heteroatoms. The van der Waals surface area contributed by atoms with Gasteiger partial charge in [-0.05, 0) is 18.1 Å². The SMILES string of the molecule is C=C\C=C/C(=C/C=C)C(/C=C\C=C)=C/C. The Balaban J connectivity index is 5.04. The molecule has 0 aromatic heterocycles. The van der Waals surface area contributed by atoms with Crippen LogP contribution in [-0.2, 0) is 0 Å². The lowest BCUT2D eigenvalue weighted by Gasteiger charge is -2.01. The second-order valence-corrected chi connectivity index (χ2v) is 2.79. The van der Waals surface area contributed by atoms with Crippen molar-refractivity contribution in [1.29, 1.82) is 0 Å². The van der Waals surface area contributed by atoms with Crippen molar-refractivity contribution in [2.24, 2.45) is 0 Å². The van der Waals surface area contributed by atoms with Gasteiger partial charge in [-0.1, -0.05) is 74.4 Å². The third-order valence-electron chi connectivity index (χ3n) is 1.77. The lowest BCUT2D eigenvalue weighted by atomic mass is 10.0. The van der Waals surface area contributed by atoms with Crippen molar-refractivity contribution in [2.75, 3.05) is 0 Å². The van der Waals surface area contributed by atoms with Gasteiger partial charge in [0, 0.05) is 0 Å². The molecule has 0 fully saturated rings. The van der Waals surface area contributed by atoms with Crippen molar-refractivity contribution in [3.63, 3.8) is 0 Å². The first kappa shape index (κ1) is 13.2. The molecule has 0 aliphatic carbocycles. The van der Waals surface area contributed by atoms with E-state index in [2.05, 4.69) is 19.7 Å². The molecule has 0 amide bonds. The molecule has 0 radical (unpaired) electrons. The van der Waals surface area contributed by atoms with Crippen LogP contribution in [0.5, 0.6) is 0 Å². The average molecular weight is 198 g/mol. The minimum Gasteiger partial charge on any atom is -0.0991 e. The highest BCUT2D eigenvalue weighted by Crippen LogP contribution is 2.13. The van der Waals surface area contributed by atoms with E-state index in [1.54, 1.807) is 18.2 Å². The zero-order valence-electron chi connectivity index (χ0n) is 9.32. The topological polar surface area (TPSA) is 0 Å². The molecule has 0 bridgehead atoms. The van der Waals surface area contributed by atoms with E-state index in [0.717, 1.165) is 11.1 Å². The summed E-state index contributed by atoms with van der Waals surface area (Å²) in [5.41, 5.74) is 2.23. The molecular weight excluding hydrogens is 180 g/mol. The van der Waals surface area contributed by atoms with Crippen LogP contribution in [0, 0.1) is 0 Å². The monoisotopic (exact) mass is 198 g/mol. The van der Waals surface area contributed by atoms with Gasteiger partial charge in [0.25, 0.3) is 0 Å². The summed E-state index contributed by atoms with van der Waals surface area (Å²) in [7, 11) is 0. The second kappa shape index (κ2) is 8.76. The van der Waals surface area contributed by atoms with Gasteiger partial charge in [0.1, 0.15) is 0 Å². The molecular formula is C15H18. The van der Waals surface area contributed by atoms with Gasteiger partial charge < -0.3 is 0 Å². The van der Waals surface area contributed by atoms with Crippen LogP contribution in [0.1, 0.15) is 6.92 Å². The van der Waals surface area contributed by atoms with E-state index < -0.39 is 0 Å². The van der Waals surface area contributed by atoms with E-state index >= 15 is 0 Å². The van der Waals surface area contributed by atoms with Crippen LogP contribution in [0.25, 0.3) is 0 Å².